The summed E-state index contributed by atoms with van der Waals surface area (Å²) in [6, 6.07) is 3.37. The minimum absolute atomic E-state index is 0.0562. The third-order valence-electron chi connectivity index (χ3n) is 7.42. The normalized spacial score (nSPS) is 38.7. The Bertz CT molecular complexity index is 668. The molecule has 4 nitrogen and oxygen atoms in total. The molecule has 5 fully saturated rings. The molecule has 0 aromatic carbocycles. The lowest BCUT2D eigenvalue weighted by atomic mass is 9.49. The Labute approximate surface area is 154 Å². The molecule has 0 radical (unpaired) electrons. The minimum atomic E-state index is -0.308. The molecule has 1 amide bonds. The van der Waals surface area contributed by atoms with E-state index in [1.54, 1.807) is 6.07 Å². The van der Waals surface area contributed by atoms with E-state index in [-0.39, 0.29) is 17.3 Å². The summed E-state index contributed by atoms with van der Waals surface area (Å²) in [6.07, 6.45) is 8.76. The average molecular weight is 357 g/mol. The molecule has 4 saturated carbocycles. The quantitative estimate of drug-likeness (QED) is 0.813. The molecule has 1 aliphatic heterocycles. The predicted molar refractivity (Wildman–Crippen MR) is 98.2 cm³/mol. The topological polar surface area (TPSA) is 36.4 Å². The van der Waals surface area contributed by atoms with Gasteiger partial charge in [0.1, 0.15) is 11.6 Å². The second-order valence-electron chi connectivity index (χ2n) is 9.33. The zero-order chi connectivity index (χ0) is 17.9. The van der Waals surface area contributed by atoms with Gasteiger partial charge in [0, 0.05) is 25.7 Å². The van der Waals surface area contributed by atoms with Gasteiger partial charge in [-0.1, -0.05) is 0 Å². The summed E-state index contributed by atoms with van der Waals surface area (Å²) in [7, 11) is 0. The maximum atomic E-state index is 13.6. The number of piperazine rings is 1. The number of pyridine rings is 1. The Kier molecular flexibility index (Phi) is 3.77. The molecule has 5 heteroatoms. The van der Waals surface area contributed by atoms with E-state index >= 15 is 0 Å². The maximum absolute atomic E-state index is 13.6. The fourth-order valence-electron chi connectivity index (χ4n) is 6.70. The largest absolute Gasteiger partial charge is 0.353 e. The van der Waals surface area contributed by atoms with Gasteiger partial charge in [0.15, 0.2) is 0 Å². The van der Waals surface area contributed by atoms with E-state index in [9.17, 15) is 9.18 Å². The molecule has 1 saturated heterocycles. The van der Waals surface area contributed by atoms with Crippen molar-refractivity contribution in [3.63, 3.8) is 0 Å². The fraction of sp³-hybridized carbons (Fsp3) is 0.714. The van der Waals surface area contributed by atoms with Crippen LogP contribution < -0.4 is 4.90 Å². The molecule has 0 spiro atoms. The number of carbonyl (C=O) groups is 1. The monoisotopic (exact) mass is 357 g/mol. The van der Waals surface area contributed by atoms with Gasteiger partial charge in [0.2, 0.25) is 5.91 Å². The molecule has 0 N–H and O–H groups in total. The number of nitrogens with zero attached hydrogens (tertiary/aromatic N) is 3. The summed E-state index contributed by atoms with van der Waals surface area (Å²) in [4.78, 5) is 22.1. The lowest BCUT2D eigenvalue weighted by Crippen LogP contribution is -2.61. The van der Waals surface area contributed by atoms with Crippen molar-refractivity contribution in [1.29, 1.82) is 0 Å². The molecule has 1 atom stereocenters. The predicted octanol–water partition coefficient (Wildman–Crippen LogP) is 3.47. The van der Waals surface area contributed by atoms with Crippen molar-refractivity contribution in [2.75, 3.05) is 24.5 Å². The minimum Gasteiger partial charge on any atom is -0.353 e. The Morgan fingerprint density at radius 2 is 1.77 bits per heavy atom. The molecule has 140 valence electrons. The highest BCUT2D eigenvalue weighted by atomic mass is 19.1. The standard InChI is InChI=1S/C21H28FN3O/c1-14-13-24(19-3-2-18(22)12-23-19)4-5-25(14)20(26)21-9-15-6-16(10-21)8-17(7-15)11-21/h2-3,12,14-17H,4-11,13H2,1H3/t14-,15?,16?,17?,21?/m1/s1. The van der Waals surface area contributed by atoms with Crippen LogP contribution in [0, 0.1) is 29.0 Å². The summed E-state index contributed by atoms with van der Waals surface area (Å²) in [5, 5.41) is 0. The van der Waals surface area contributed by atoms with Crippen molar-refractivity contribution in [3.05, 3.63) is 24.1 Å². The van der Waals surface area contributed by atoms with E-state index in [2.05, 4.69) is 21.7 Å². The first-order chi connectivity index (χ1) is 12.5. The molecule has 2 heterocycles. The molecule has 4 bridgehead atoms. The van der Waals surface area contributed by atoms with Crippen molar-refractivity contribution in [3.8, 4) is 0 Å². The third kappa shape index (κ3) is 2.62. The zero-order valence-electron chi connectivity index (χ0n) is 15.5. The Morgan fingerprint density at radius 1 is 1.12 bits per heavy atom. The van der Waals surface area contributed by atoms with Crippen LogP contribution in [0.1, 0.15) is 45.4 Å². The molecule has 1 aromatic heterocycles. The lowest BCUT2D eigenvalue weighted by molar-refractivity contribution is -0.160. The van der Waals surface area contributed by atoms with Crippen LogP contribution >= 0.6 is 0 Å². The van der Waals surface area contributed by atoms with Crippen molar-refractivity contribution < 1.29 is 9.18 Å². The highest BCUT2D eigenvalue weighted by Gasteiger charge is 2.56. The molecule has 0 unspecified atom stereocenters. The summed E-state index contributed by atoms with van der Waals surface area (Å²) in [6.45, 7) is 4.45. The Morgan fingerprint density at radius 3 is 2.31 bits per heavy atom. The van der Waals surface area contributed by atoms with Crippen molar-refractivity contribution >= 4 is 11.7 Å². The van der Waals surface area contributed by atoms with Crippen LogP contribution in [0.25, 0.3) is 0 Å². The van der Waals surface area contributed by atoms with Crippen LogP contribution in [0.15, 0.2) is 18.3 Å². The molecule has 4 aliphatic carbocycles. The van der Waals surface area contributed by atoms with Gasteiger partial charge in [-0.05, 0) is 75.3 Å². The first-order valence-electron chi connectivity index (χ1n) is 10.2. The van der Waals surface area contributed by atoms with E-state index in [1.807, 2.05) is 0 Å². The summed E-state index contributed by atoms with van der Waals surface area (Å²) >= 11 is 0. The van der Waals surface area contributed by atoms with Gasteiger partial charge < -0.3 is 9.80 Å². The second kappa shape index (κ2) is 5.93. The summed E-state index contributed by atoms with van der Waals surface area (Å²) in [5.74, 6) is 3.31. The van der Waals surface area contributed by atoms with Crippen molar-refractivity contribution in [2.24, 2.45) is 23.2 Å². The lowest BCUT2D eigenvalue weighted by Gasteiger charge is -2.57. The highest BCUT2D eigenvalue weighted by molar-refractivity contribution is 5.84. The second-order valence-corrected chi connectivity index (χ2v) is 9.33. The third-order valence-corrected chi connectivity index (χ3v) is 7.42. The Balaban J connectivity index is 1.31. The van der Waals surface area contributed by atoms with E-state index in [0.29, 0.717) is 5.91 Å². The van der Waals surface area contributed by atoms with Gasteiger partial charge in [-0.3, -0.25) is 4.79 Å². The van der Waals surface area contributed by atoms with Gasteiger partial charge in [0.25, 0.3) is 0 Å². The van der Waals surface area contributed by atoms with Gasteiger partial charge in [-0.2, -0.15) is 0 Å². The summed E-state index contributed by atoms with van der Waals surface area (Å²) in [5.41, 5.74) is -0.0562. The van der Waals surface area contributed by atoms with E-state index < -0.39 is 0 Å². The fourth-order valence-corrected chi connectivity index (χ4v) is 6.70. The smallest absolute Gasteiger partial charge is 0.229 e. The van der Waals surface area contributed by atoms with E-state index in [4.69, 9.17) is 0 Å². The van der Waals surface area contributed by atoms with Gasteiger partial charge in [-0.25, -0.2) is 9.37 Å². The first-order valence-corrected chi connectivity index (χ1v) is 10.2. The van der Waals surface area contributed by atoms with Crippen molar-refractivity contribution in [1.82, 2.24) is 9.88 Å². The van der Waals surface area contributed by atoms with Crippen LogP contribution in [0.3, 0.4) is 0 Å². The molecule has 26 heavy (non-hydrogen) atoms. The Hall–Kier alpha value is -1.65. The van der Waals surface area contributed by atoms with Crippen LogP contribution in [0.4, 0.5) is 10.2 Å². The number of aromatic nitrogens is 1. The average Bonchev–Trinajstić information content (AvgIpc) is 2.60. The maximum Gasteiger partial charge on any atom is 0.229 e. The van der Waals surface area contributed by atoms with Gasteiger partial charge in [0.05, 0.1) is 11.6 Å². The number of carbonyl (C=O) groups excluding carboxylic acids is 1. The van der Waals surface area contributed by atoms with Crippen molar-refractivity contribution in [2.45, 2.75) is 51.5 Å². The number of amides is 1. The summed E-state index contributed by atoms with van der Waals surface area (Å²) < 4.78 is 13.1. The molecule has 6 rings (SSSR count). The van der Waals surface area contributed by atoms with Gasteiger partial charge in [-0.15, -0.1) is 0 Å². The molecular formula is C21H28FN3O. The number of anilines is 1. The van der Waals surface area contributed by atoms with E-state index in [1.165, 1.54) is 31.5 Å². The highest BCUT2D eigenvalue weighted by Crippen LogP contribution is 2.60. The zero-order valence-corrected chi connectivity index (χ0v) is 15.5. The van der Waals surface area contributed by atoms with Crippen LogP contribution in [0.5, 0.6) is 0 Å². The van der Waals surface area contributed by atoms with Crippen LogP contribution in [0.2, 0.25) is 0 Å². The molecule has 5 aliphatic rings. The number of halogens is 1. The van der Waals surface area contributed by atoms with E-state index in [0.717, 1.165) is 62.5 Å². The van der Waals surface area contributed by atoms with Crippen LogP contribution in [-0.2, 0) is 4.79 Å². The van der Waals surface area contributed by atoms with Gasteiger partial charge >= 0.3 is 0 Å². The number of rotatable bonds is 2. The first kappa shape index (κ1) is 16.5. The van der Waals surface area contributed by atoms with Crippen LogP contribution in [-0.4, -0.2) is 41.5 Å². The molecular weight excluding hydrogens is 329 g/mol. The number of hydrogen-bond acceptors (Lipinski definition) is 3. The molecule has 1 aromatic rings. The SMILES string of the molecule is C[C@@H]1CN(c2ccc(F)cn2)CCN1C(=O)C12CC3CC(CC(C3)C1)C2. The number of hydrogen-bond donors (Lipinski definition) is 0.